The summed E-state index contributed by atoms with van der Waals surface area (Å²) in [6.07, 6.45) is 0. The van der Waals surface area contributed by atoms with Crippen molar-refractivity contribution in [2.45, 2.75) is 13.8 Å². The van der Waals surface area contributed by atoms with Crippen LogP contribution in [0.4, 0.5) is 0 Å². The molecule has 0 saturated carbocycles. The van der Waals surface area contributed by atoms with Crippen molar-refractivity contribution in [2.24, 2.45) is 5.10 Å². The lowest BCUT2D eigenvalue weighted by atomic mass is 10.1. The fraction of sp³-hybridized carbons (Fsp3) is 0.150. The van der Waals surface area contributed by atoms with E-state index in [2.05, 4.69) is 36.7 Å². The number of hydrogen-bond acceptors (Lipinski definition) is 4. The van der Waals surface area contributed by atoms with E-state index in [1.165, 1.54) is 0 Å². The van der Waals surface area contributed by atoms with E-state index in [1.54, 1.807) is 6.07 Å². The highest BCUT2D eigenvalue weighted by molar-refractivity contribution is 9.10. The van der Waals surface area contributed by atoms with Gasteiger partial charge in [-0.25, -0.2) is 5.43 Å². The van der Waals surface area contributed by atoms with Gasteiger partial charge in [0.2, 0.25) is 0 Å². The van der Waals surface area contributed by atoms with Crippen LogP contribution < -0.4 is 10.2 Å². The Hall–Kier alpha value is -2.93. The molecule has 3 rings (SSSR count). The Bertz CT molecular complexity index is 964. The summed E-state index contributed by atoms with van der Waals surface area (Å²) in [6.45, 7) is 4.36. The van der Waals surface area contributed by atoms with Crippen LogP contribution >= 0.6 is 15.9 Å². The number of amides is 1. The van der Waals surface area contributed by atoms with E-state index in [9.17, 15) is 4.79 Å². The van der Waals surface area contributed by atoms with Crippen molar-refractivity contribution < 1.29 is 9.53 Å². The van der Waals surface area contributed by atoms with E-state index in [0.717, 1.165) is 21.3 Å². The van der Waals surface area contributed by atoms with E-state index in [-0.39, 0.29) is 5.91 Å². The number of nitrogens with zero attached hydrogens (tertiary/aromatic N) is 2. The van der Waals surface area contributed by atoms with Gasteiger partial charge in [-0.05, 0) is 49.7 Å². The zero-order valence-electron chi connectivity index (χ0n) is 15.0. The van der Waals surface area contributed by atoms with Crippen LogP contribution in [0.2, 0.25) is 0 Å². The maximum Gasteiger partial charge on any atom is 0.289 e. The van der Waals surface area contributed by atoms with Crippen molar-refractivity contribution in [1.82, 2.24) is 15.6 Å². The van der Waals surface area contributed by atoms with Gasteiger partial charge in [-0.1, -0.05) is 40.2 Å². The number of aromatic amines is 1. The highest BCUT2D eigenvalue weighted by Crippen LogP contribution is 2.22. The number of ether oxygens (including phenoxy) is 1. The second kappa shape index (κ2) is 8.64. The largest absolute Gasteiger partial charge is 0.494 e. The first kappa shape index (κ1) is 18.8. The summed E-state index contributed by atoms with van der Waals surface area (Å²) >= 11 is 3.39. The van der Waals surface area contributed by atoms with Crippen molar-refractivity contribution >= 4 is 27.5 Å². The topological polar surface area (TPSA) is 79.4 Å². The smallest absolute Gasteiger partial charge is 0.289 e. The highest BCUT2D eigenvalue weighted by Gasteiger charge is 2.11. The molecule has 0 unspecified atom stereocenters. The van der Waals surface area contributed by atoms with Crippen LogP contribution in [-0.2, 0) is 0 Å². The Morgan fingerprint density at radius 2 is 2.00 bits per heavy atom. The summed E-state index contributed by atoms with van der Waals surface area (Å²) in [5, 5.41) is 11.1. The van der Waals surface area contributed by atoms with Gasteiger partial charge in [-0.2, -0.15) is 10.2 Å². The van der Waals surface area contributed by atoms with E-state index in [0.29, 0.717) is 23.7 Å². The molecule has 0 spiro atoms. The zero-order chi connectivity index (χ0) is 19.2. The third-order valence-corrected chi connectivity index (χ3v) is 4.38. The van der Waals surface area contributed by atoms with Gasteiger partial charge in [-0.15, -0.1) is 0 Å². The number of carbonyl (C=O) groups excluding carboxylic acids is 1. The molecular weight excluding hydrogens is 408 g/mol. The van der Waals surface area contributed by atoms with E-state index >= 15 is 0 Å². The van der Waals surface area contributed by atoms with Crippen molar-refractivity contribution in [1.29, 1.82) is 0 Å². The van der Waals surface area contributed by atoms with E-state index < -0.39 is 0 Å². The summed E-state index contributed by atoms with van der Waals surface area (Å²) in [6, 6.07) is 17.0. The number of hydrazone groups is 1. The fourth-order valence-electron chi connectivity index (χ4n) is 2.45. The summed E-state index contributed by atoms with van der Waals surface area (Å²) in [7, 11) is 0. The van der Waals surface area contributed by atoms with Crippen LogP contribution in [0.25, 0.3) is 11.3 Å². The molecule has 1 amide bonds. The number of benzene rings is 2. The summed E-state index contributed by atoms with van der Waals surface area (Å²) in [5.41, 5.74) is 6.05. The first-order valence-corrected chi connectivity index (χ1v) is 9.25. The number of aromatic nitrogens is 2. The molecule has 0 saturated heterocycles. The third kappa shape index (κ3) is 4.83. The quantitative estimate of drug-likeness (QED) is 0.452. The lowest BCUT2D eigenvalue weighted by molar-refractivity contribution is 0.0950. The standard InChI is InChI=1S/C20H19BrN4O2/c1-3-27-17-6-4-5-15(11-17)18-12-19(24-23-18)20(26)25-22-13(2)14-7-9-16(21)10-8-14/h4-12H,3H2,1-2H3,(H,23,24)(H,25,26)/b22-13+. The highest BCUT2D eigenvalue weighted by atomic mass is 79.9. The molecule has 0 radical (unpaired) electrons. The van der Waals surface area contributed by atoms with Crippen LogP contribution in [0.5, 0.6) is 5.75 Å². The van der Waals surface area contributed by atoms with E-state index in [4.69, 9.17) is 4.74 Å². The molecule has 1 aromatic heterocycles. The minimum atomic E-state index is -0.355. The minimum absolute atomic E-state index is 0.333. The molecule has 27 heavy (non-hydrogen) atoms. The Morgan fingerprint density at radius 1 is 1.22 bits per heavy atom. The number of H-pyrrole nitrogens is 1. The Kier molecular flexibility index (Phi) is 6.03. The van der Waals surface area contributed by atoms with Gasteiger partial charge in [0.1, 0.15) is 11.4 Å². The summed E-state index contributed by atoms with van der Waals surface area (Å²) < 4.78 is 6.49. The van der Waals surface area contributed by atoms with Crippen LogP contribution in [0, 0.1) is 0 Å². The van der Waals surface area contributed by atoms with E-state index in [1.807, 2.05) is 62.4 Å². The molecule has 1 heterocycles. The molecule has 0 aliphatic carbocycles. The average molecular weight is 427 g/mol. The number of rotatable bonds is 6. The molecule has 6 nitrogen and oxygen atoms in total. The normalized spacial score (nSPS) is 11.3. The second-order valence-electron chi connectivity index (χ2n) is 5.77. The average Bonchev–Trinajstić information content (AvgIpc) is 3.17. The molecule has 0 aliphatic rings. The lowest BCUT2D eigenvalue weighted by Gasteiger charge is -2.03. The van der Waals surface area contributed by atoms with Crippen molar-refractivity contribution in [2.75, 3.05) is 6.61 Å². The predicted octanol–water partition coefficient (Wildman–Crippen LogP) is 4.39. The van der Waals surface area contributed by atoms with Gasteiger partial charge >= 0.3 is 0 Å². The predicted molar refractivity (Wildman–Crippen MR) is 109 cm³/mol. The van der Waals surface area contributed by atoms with Crippen molar-refractivity contribution in [3.05, 3.63) is 70.3 Å². The van der Waals surface area contributed by atoms with Crippen LogP contribution in [0.15, 0.2) is 64.2 Å². The molecule has 138 valence electrons. The van der Waals surface area contributed by atoms with Crippen molar-refractivity contribution in [3.63, 3.8) is 0 Å². The van der Waals surface area contributed by atoms with Gasteiger partial charge in [0, 0.05) is 10.0 Å². The van der Waals surface area contributed by atoms with Crippen LogP contribution in [0.3, 0.4) is 0 Å². The monoisotopic (exact) mass is 426 g/mol. The first-order valence-electron chi connectivity index (χ1n) is 8.46. The Morgan fingerprint density at radius 3 is 2.74 bits per heavy atom. The molecule has 2 aromatic carbocycles. The summed E-state index contributed by atoms with van der Waals surface area (Å²) in [5.74, 6) is 0.407. The van der Waals surface area contributed by atoms with Gasteiger partial charge in [0.05, 0.1) is 18.0 Å². The lowest BCUT2D eigenvalue weighted by Crippen LogP contribution is -2.19. The first-order chi connectivity index (χ1) is 13.1. The molecule has 7 heteroatoms. The number of carbonyl (C=O) groups is 1. The van der Waals surface area contributed by atoms with Gasteiger partial charge < -0.3 is 4.74 Å². The molecule has 0 aliphatic heterocycles. The van der Waals surface area contributed by atoms with Gasteiger partial charge in [0.15, 0.2) is 0 Å². The fourth-order valence-corrected chi connectivity index (χ4v) is 2.71. The molecule has 0 atom stereocenters. The molecule has 2 N–H and O–H groups in total. The Labute approximate surface area is 165 Å². The molecular formula is C20H19BrN4O2. The number of halogens is 1. The van der Waals surface area contributed by atoms with Crippen LogP contribution in [0.1, 0.15) is 29.9 Å². The number of hydrogen-bond donors (Lipinski definition) is 2. The van der Waals surface area contributed by atoms with Gasteiger partial charge in [-0.3, -0.25) is 9.89 Å². The summed E-state index contributed by atoms with van der Waals surface area (Å²) in [4.78, 5) is 12.3. The molecule has 0 bridgehead atoms. The minimum Gasteiger partial charge on any atom is -0.494 e. The maximum absolute atomic E-state index is 12.3. The second-order valence-corrected chi connectivity index (χ2v) is 6.69. The maximum atomic E-state index is 12.3. The third-order valence-electron chi connectivity index (χ3n) is 3.85. The SMILES string of the molecule is CCOc1cccc(-c2cc(C(=O)N/N=C(\C)c3ccc(Br)cc3)[nH]n2)c1. The van der Waals surface area contributed by atoms with Crippen molar-refractivity contribution in [3.8, 4) is 17.0 Å². The Balaban J connectivity index is 1.70. The molecule has 3 aromatic rings. The molecule has 0 fully saturated rings. The number of nitrogens with one attached hydrogen (secondary N) is 2. The van der Waals surface area contributed by atoms with Crippen LogP contribution in [-0.4, -0.2) is 28.4 Å². The van der Waals surface area contributed by atoms with Gasteiger partial charge in [0.25, 0.3) is 5.91 Å². The zero-order valence-corrected chi connectivity index (χ0v) is 16.6.